The van der Waals surface area contributed by atoms with E-state index in [1.54, 1.807) is 42.6 Å². The van der Waals surface area contributed by atoms with Crippen LogP contribution in [0.15, 0.2) is 47.5 Å². The lowest BCUT2D eigenvalue weighted by molar-refractivity contribution is -0.118. The van der Waals surface area contributed by atoms with Gasteiger partial charge in [-0.15, -0.1) is 0 Å². The number of hydrogen-bond donors (Lipinski definition) is 1. The summed E-state index contributed by atoms with van der Waals surface area (Å²) in [5, 5.41) is 2.97. The van der Waals surface area contributed by atoms with Crippen LogP contribution in [-0.4, -0.2) is 25.6 Å². The number of rotatable bonds is 6. The van der Waals surface area contributed by atoms with Gasteiger partial charge in [-0.25, -0.2) is 13.4 Å². The second-order valence-electron chi connectivity index (χ2n) is 7.07. The van der Waals surface area contributed by atoms with Crippen molar-refractivity contribution in [2.45, 2.75) is 42.9 Å². The third-order valence-electron chi connectivity index (χ3n) is 5.02. The number of hydrogen-bond acceptors (Lipinski definition) is 4. The van der Waals surface area contributed by atoms with Crippen LogP contribution < -0.4 is 5.32 Å². The molecule has 0 spiro atoms. The molecule has 1 aliphatic rings. The minimum absolute atomic E-state index is 0.0471. The summed E-state index contributed by atoms with van der Waals surface area (Å²) in [6.45, 7) is 0. The summed E-state index contributed by atoms with van der Waals surface area (Å²) in [5.74, 6) is -0.0102. The molecule has 0 saturated heterocycles. The van der Waals surface area contributed by atoms with Gasteiger partial charge in [-0.3, -0.25) is 4.79 Å². The van der Waals surface area contributed by atoms with Gasteiger partial charge in [0.2, 0.25) is 5.91 Å². The Kier molecular flexibility index (Phi) is 6.17. The van der Waals surface area contributed by atoms with Gasteiger partial charge < -0.3 is 5.32 Å². The van der Waals surface area contributed by atoms with Gasteiger partial charge in [0.1, 0.15) is 5.82 Å². The first-order valence-electron chi connectivity index (χ1n) is 9.06. The standard InChI is InChI=1S/C20H23ClN2O3S/c1-27(25,26)19-15(9-6-10-17(19)21)16(13-14-7-2-3-8-14)20(24)23-18-11-4-5-12-22-18/h4-6,9-12,14,16H,2-3,7-8,13H2,1H3,(H,22,23,24). The number of amides is 1. The molecule has 3 rings (SSSR count). The van der Waals surface area contributed by atoms with E-state index in [1.165, 1.54) is 0 Å². The minimum atomic E-state index is -3.58. The highest BCUT2D eigenvalue weighted by atomic mass is 35.5. The van der Waals surface area contributed by atoms with E-state index < -0.39 is 15.8 Å². The molecule has 1 aliphatic carbocycles. The van der Waals surface area contributed by atoms with E-state index in [-0.39, 0.29) is 15.8 Å². The lowest BCUT2D eigenvalue weighted by Gasteiger charge is -2.23. The van der Waals surface area contributed by atoms with Crippen LogP contribution in [0.3, 0.4) is 0 Å². The number of sulfone groups is 1. The molecule has 0 bridgehead atoms. The molecular weight excluding hydrogens is 384 g/mol. The molecule has 0 aliphatic heterocycles. The number of aromatic nitrogens is 1. The van der Waals surface area contributed by atoms with Gasteiger partial charge in [-0.05, 0) is 36.1 Å². The maximum atomic E-state index is 13.1. The van der Waals surface area contributed by atoms with Crippen molar-refractivity contribution in [1.29, 1.82) is 0 Å². The summed E-state index contributed by atoms with van der Waals surface area (Å²) in [6.07, 6.45) is 7.73. The Morgan fingerprint density at radius 1 is 1.22 bits per heavy atom. The van der Waals surface area contributed by atoms with Gasteiger partial charge in [-0.2, -0.15) is 0 Å². The van der Waals surface area contributed by atoms with Crippen molar-refractivity contribution < 1.29 is 13.2 Å². The predicted octanol–water partition coefficient (Wildman–Crippen LogP) is 4.44. The third kappa shape index (κ3) is 4.87. The number of anilines is 1. The molecule has 0 radical (unpaired) electrons. The van der Waals surface area contributed by atoms with Gasteiger partial charge >= 0.3 is 0 Å². The molecule has 1 aromatic heterocycles. The van der Waals surface area contributed by atoms with Crippen LogP contribution in [-0.2, 0) is 14.6 Å². The van der Waals surface area contributed by atoms with Gasteiger partial charge in [0.15, 0.2) is 9.84 Å². The largest absolute Gasteiger partial charge is 0.310 e. The van der Waals surface area contributed by atoms with Gasteiger partial charge in [0.25, 0.3) is 0 Å². The summed E-state index contributed by atoms with van der Waals surface area (Å²) in [7, 11) is -3.58. The normalized spacial score (nSPS) is 16.2. The second kappa shape index (κ2) is 8.40. The highest BCUT2D eigenvalue weighted by Crippen LogP contribution is 2.38. The number of nitrogens with zero attached hydrogens (tertiary/aromatic N) is 1. The number of pyridine rings is 1. The Morgan fingerprint density at radius 3 is 2.59 bits per heavy atom. The van der Waals surface area contributed by atoms with Gasteiger partial charge in [0, 0.05) is 12.5 Å². The zero-order chi connectivity index (χ0) is 19.4. The molecule has 1 unspecified atom stereocenters. The zero-order valence-corrected chi connectivity index (χ0v) is 16.8. The minimum Gasteiger partial charge on any atom is -0.310 e. The highest BCUT2D eigenvalue weighted by molar-refractivity contribution is 7.90. The van der Waals surface area contributed by atoms with Crippen molar-refractivity contribution >= 4 is 33.2 Å². The van der Waals surface area contributed by atoms with Crippen molar-refractivity contribution in [2.75, 3.05) is 11.6 Å². The molecule has 1 atom stereocenters. The molecule has 5 nitrogen and oxygen atoms in total. The van der Waals surface area contributed by atoms with E-state index in [2.05, 4.69) is 10.3 Å². The summed E-state index contributed by atoms with van der Waals surface area (Å²) in [5.41, 5.74) is 0.463. The molecule has 2 aromatic rings. The lowest BCUT2D eigenvalue weighted by atomic mass is 9.87. The Morgan fingerprint density at radius 2 is 1.96 bits per heavy atom. The average molecular weight is 407 g/mol. The van der Waals surface area contributed by atoms with Crippen LogP contribution >= 0.6 is 11.6 Å². The molecule has 1 heterocycles. The monoisotopic (exact) mass is 406 g/mol. The van der Waals surface area contributed by atoms with Crippen LogP contribution in [0.1, 0.15) is 43.6 Å². The first-order valence-corrected chi connectivity index (χ1v) is 11.3. The molecule has 1 amide bonds. The van der Waals surface area contributed by atoms with Crippen molar-refractivity contribution in [3.63, 3.8) is 0 Å². The SMILES string of the molecule is CS(=O)(=O)c1c(Cl)cccc1C(CC1CCCC1)C(=O)Nc1ccccn1. The molecule has 7 heteroatoms. The smallest absolute Gasteiger partial charge is 0.233 e. The fourth-order valence-corrected chi connectivity index (χ4v) is 5.46. The molecular formula is C20H23ClN2O3S. The van der Waals surface area contributed by atoms with Gasteiger partial charge in [0.05, 0.1) is 15.8 Å². The molecule has 1 aromatic carbocycles. The van der Waals surface area contributed by atoms with Crippen molar-refractivity contribution in [3.8, 4) is 0 Å². The Balaban J connectivity index is 2.00. The molecule has 1 saturated carbocycles. The van der Waals surface area contributed by atoms with Crippen LogP contribution in [0.25, 0.3) is 0 Å². The molecule has 27 heavy (non-hydrogen) atoms. The fraction of sp³-hybridized carbons (Fsp3) is 0.400. The number of carbonyl (C=O) groups excluding carboxylic acids is 1. The first kappa shape index (κ1) is 19.8. The van der Waals surface area contributed by atoms with Crippen LogP contribution in [0.4, 0.5) is 5.82 Å². The van der Waals surface area contributed by atoms with Crippen LogP contribution in [0.5, 0.6) is 0 Å². The highest BCUT2D eigenvalue weighted by Gasteiger charge is 2.31. The molecule has 1 fully saturated rings. The number of halogens is 1. The van der Waals surface area contributed by atoms with E-state index in [4.69, 9.17) is 11.6 Å². The van der Waals surface area contributed by atoms with Crippen molar-refractivity contribution in [2.24, 2.45) is 5.92 Å². The second-order valence-corrected chi connectivity index (χ2v) is 9.43. The van der Waals surface area contributed by atoms with Crippen LogP contribution in [0, 0.1) is 5.92 Å². The molecule has 144 valence electrons. The fourth-order valence-electron chi connectivity index (χ4n) is 3.80. The number of nitrogens with one attached hydrogen (secondary N) is 1. The summed E-state index contributed by atoms with van der Waals surface area (Å²) >= 11 is 6.22. The molecule has 1 N–H and O–H groups in total. The average Bonchev–Trinajstić information content (AvgIpc) is 3.12. The maximum absolute atomic E-state index is 13.1. The quantitative estimate of drug-likeness (QED) is 0.769. The van der Waals surface area contributed by atoms with E-state index in [9.17, 15) is 13.2 Å². The summed E-state index contributed by atoms with van der Waals surface area (Å²) in [4.78, 5) is 17.3. The van der Waals surface area contributed by atoms with E-state index in [0.717, 1.165) is 31.9 Å². The Hall–Kier alpha value is -1.92. The summed E-state index contributed by atoms with van der Waals surface area (Å²) in [6, 6.07) is 10.2. The Bertz CT molecular complexity index is 910. The topological polar surface area (TPSA) is 76.1 Å². The summed E-state index contributed by atoms with van der Waals surface area (Å²) < 4.78 is 24.7. The number of carbonyl (C=O) groups is 1. The van der Waals surface area contributed by atoms with Crippen LogP contribution in [0.2, 0.25) is 5.02 Å². The maximum Gasteiger partial charge on any atom is 0.233 e. The van der Waals surface area contributed by atoms with E-state index in [0.29, 0.717) is 23.7 Å². The Labute approximate surface area is 165 Å². The zero-order valence-electron chi connectivity index (χ0n) is 15.2. The number of benzene rings is 1. The van der Waals surface area contributed by atoms with Crippen molar-refractivity contribution in [3.05, 3.63) is 53.2 Å². The van der Waals surface area contributed by atoms with Gasteiger partial charge in [-0.1, -0.05) is 55.5 Å². The third-order valence-corrected chi connectivity index (χ3v) is 6.64. The van der Waals surface area contributed by atoms with E-state index in [1.807, 2.05) is 0 Å². The lowest BCUT2D eigenvalue weighted by Crippen LogP contribution is -2.25. The predicted molar refractivity (Wildman–Crippen MR) is 107 cm³/mol. The first-order chi connectivity index (χ1) is 12.9. The van der Waals surface area contributed by atoms with E-state index >= 15 is 0 Å². The van der Waals surface area contributed by atoms with Crippen molar-refractivity contribution in [1.82, 2.24) is 4.98 Å².